The molecule has 35 heavy (non-hydrogen) atoms. The molecule has 0 atom stereocenters. The predicted molar refractivity (Wildman–Crippen MR) is 127 cm³/mol. The van der Waals surface area contributed by atoms with Crippen LogP contribution in [-0.2, 0) is 19.2 Å². The smallest absolute Gasteiger partial charge is 0.320 e. The molecule has 0 unspecified atom stereocenters. The number of benzene rings is 1. The zero-order valence-corrected chi connectivity index (χ0v) is 19.7. The lowest BCUT2D eigenvalue weighted by Gasteiger charge is -2.22. The van der Waals surface area contributed by atoms with Gasteiger partial charge in [0, 0.05) is 24.2 Å². The van der Waals surface area contributed by atoms with E-state index in [-0.39, 0.29) is 29.2 Å². The molecule has 2 aliphatic rings. The lowest BCUT2D eigenvalue weighted by molar-refractivity contribution is -0.384. The number of amides is 3. The van der Waals surface area contributed by atoms with E-state index in [2.05, 4.69) is 16.0 Å². The monoisotopic (exact) mass is 488 g/mol. The fourth-order valence-electron chi connectivity index (χ4n) is 4.50. The van der Waals surface area contributed by atoms with E-state index >= 15 is 0 Å². The van der Waals surface area contributed by atoms with Gasteiger partial charge < -0.3 is 20.7 Å². The Bertz CT molecular complexity index is 953. The molecule has 0 spiro atoms. The van der Waals surface area contributed by atoms with Crippen LogP contribution in [0.3, 0.4) is 0 Å². The summed E-state index contributed by atoms with van der Waals surface area (Å²) in [4.78, 5) is 59.7. The van der Waals surface area contributed by atoms with E-state index in [9.17, 15) is 29.3 Å². The Morgan fingerprint density at radius 1 is 0.829 bits per heavy atom. The summed E-state index contributed by atoms with van der Waals surface area (Å²) in [6, 6.07) is 3.42. The molecule has 2 aliphatic carbocycles. The molecular weight excluding hydrogens is 456 g/mol. The Labute approximate surface area is 203 Å². The summed E-state index contributed by atoms with van der Waals surface area (Å²) < 4.78 is 5.23. The quantitative estimate of drug-likeness (QED) is 0.158. The highest BCUT2D eigenvalue weighted by atomic mass is 16.6. The van der Waals surface area contributed by atoms with E-state index < -0.39 is 41.5 Å². The fourth-order valence-corrected chi connectivity index (χ4v) is 4.50. The maximum atomic E-state index is 12.4. The van der Waals surface area contributed by atoms with Gasteiger partial charge in [-0.05, 0) is 31.7 Å². The van der Waals surface area contributed by atoms with Gasteiger partial charge >= 0.3 is 5.97 Å². The summed E-state index contributed by atoms with van der Waals surface area (Å²) in [6.45, 7) is 0. The third-order valence-corrected chi connectivity index (χ3v) is 6.24. The number of nitrogens with one attached hydrogen (secondary N) is 3. The van der Waals surface area contributed by atoms with Crippen molar-refractivity contribution in [3.05, 3.63) is 28.3 Å². The van der Waals surface area contributed by atoms with Gasteiger partial charge in [-0.15, -0.1) is 0 Å². The molecule has 11 heteroatoms. The highest BCUT2D eigenvalue weighted by molar-refractivity contribution is 6.04. The largest absolute Gasteiger partial charge is 0.424 e. The molecule has 0 aliphatic heterocycles. The lowest BCUT2D eigenvalue weighted by atomic mass is 9.95. The molecular formula is C24H32N4O7. The van der Waals surface area contributed by atoms with Crippen molar-refractivity contribution in [1.82, 2.24) is 10.6 Å². The van der Waals surface area contributed by atoms with E-state index in [4.69, 9.17) is 4.74 Å². The molecule has 1 aromatic carbocycles. The average molecular weight is 489 g/mol. The van der Waals surface area contributed by atoms with Gasteiger partial charge in [-0.2, -0.15) is 0 Å². The second-order valence-corrected chi connectivity index (χ2v) is 9.12. The third-order valence-electron chi connectivity index (χ3n) is 6.24. The van der Waals surface area contributed by atoms with Gasteiger partial charge in [0.25, 0.3) is 5.69 Å². The van der Waals surface area contributed by atoms with E-state index in [0.717, 1.165) is 76.3 Å². The number of ether oxygens (including phenoxy) is 1. The van der Waals surface area contributed by atoms with Crippen LogP contribution in [-0.4, -0.2) is 40.7 Å². The van der Waals surface area contributed by atoms with E-state index in [1.807, 2.05) is 0 Å². The van der Waals surface area contributed by atoms with Gasteiger partial charge in [0.1, 0.15) is 12.8 Å². The molecule has 0 radical (unpaired) electrons. The number of nitro groups is 1. The van der Waals surface area contributed by atoms with Crippen LogP contribution >= 0.6 is 0 Å². The Kier molecular flexibility index (Phi) is 9.56. The summed E-state index contributed by atoms with van der Waals surface area (Å²) >= 11 is 0. The highest BCUT2D eigenvalue weighted by Crippen LogP contribution is 2.30. The summed E-state index contributed by atoms with van der Waals surface area (Å²) in [7, 11) is 0. The van der Waals surface area contributed by atoms with Crippen molar-refractivity contribution in [2.24, 2.45) is 0 Å². The Morgan fingerprint density at radius 3 is 1.91 bits per heavy atom. The van der Waals surface area contributed by atoms with Crippen LogP contribution in [0.25, 0.3) is 0 Å². The SMILES string of the molecule is O=C(CC(=O)NC1CCCCC1)Nc1cc([N+](=O)[O-])ccc1OC(=O)CC(=O)NC1CCCCC1. The van der Waals surface area contributed by atoms with Gasteiger partial charge in [0.15, 0.2) is 5.75 Å². The van der Waals surface area contributed by atoms with Crippen molar-refractivity contribution >= 4 is 35.1 Å². The molecule has 3 amide bonds. The first kappa shape index (κ1) is 26.1. The van der Waals surface area contributed by atoms with Crippen molar-refractivity contribution in [2.75, 3.05) is 5.32 Å². The summed E-state index contributed by atoms with van der Waals surface area (Å²) in [5.41, 5.74) is -0.461. The van der Waals surface area contributed by atoms with Gasteiger partial charge in [-0.3, -0.25) is 29.3 Å². The minimum Gasteiger partial charge on any atom is -0.424 e. The maximum absolute atomic E-state index is 12.4. The topological polar surface area (TPSA) is 157 Å². The standard InChI is InChI=1S/C24H32N4O7/c29-21(25-16-7-3-1-4-8-16)14-22(30)27-19-13-18(28(33)34)11-12-20(19)35-24(32)15-23(31)26-17-9-5-2-6-10-17/h11-13,16-17H,1-10,14-15H2,(H,25,29)(H,26,31)(H,27,30). The minimum absolute atomic E-state index is 0.0398. The number of non-ortho nitro benzene ring substituents is 1. The first-order valence-corrected chi connectivity index (χ1v) is 12.2. The van der Waals surface area contributed by atoms with Crippen LogP contribution in [0, 0.1) is 10.1 Å². The molecule has 0 heterocycles. The summed E-state index contributed by atoms with van der Waals surface area (Å²) in [5.74, 6) is -2.62. The highest BCUT2D eigenvalue weighted by Gasteiger charge is 2.22. The Hall–Kier alpha value is -3.50. The summed E-state index contributed by atoms with van der Waals surface area (Å²) in [5, 5.41) is 19.2. The van der Waals surface area contributed by atoms with E-state index in [1.165, 1.54) is 6.07 Å². The Balaban J connectivity index is 1.58. The maximum Gasteiger partial charge on any atom is 0.320 e. The van der Waals surface area contributed by atoms with Gasteiger partial charge in [0.2, 0.25) is 17.7 Å². The normalized spacial score (nSPS) is 16.7. The number of anilines is 1. The molecule has 3 N–H and O–H groups in total. The molecule has 0 saturated heterocycles. The second kappa shape index (κ2) is 12.8. The number of hydrogen-bond donors (Lipinski definition) is 3. The average Bonchev–Trinajstić information content (AvgIpc) is 2.81. The number of nitro benzene ring substituents is 1. The third kappa shape index (κ3) is 8.66. The lowest BCUT2D eigenvalue weighted by Crippen LogP contribution is -2.38. The minimum atomic E-state index is -0.863. The molecule has 11 nitrogen and oxygen atoms in total. The summed E-state index contributed by atoms with van der Waals surface area (Å²) in [6.07, 6.45) is 8.84. The van der Waals surface area contributed by atoms with Crippen LogP contribution in [0.15, 0.2) is 18.2 Å². The first-order chi connectivity index (χ1) is 16.8. The number of carbonyl (C=O) groups excluding carboxylic acids is 4. The van der Waals surface area contributed by atoms with Crippen LogP contribution in [0.1, 0.15) is 77.0 Å². The zero-order chi connectivity index (χ0) is 25.2. The van der Waals surface area contributed by atoms with Crippen LogP contribution in [0.4, 0.5) is 11.4 Å². The van der Waals surface area contributed by atoms with Crippen LogP contribution < -0.4 is 20.7 Å². The van der Waals surface area contributed by atoms with Crippen LogP contribution in [0.2, 0.25) is 0 Å². The molecule has 3 rings (SSSR count). The van der Waals surface area contributed by atoms with Crippen molar-refractivity contribution in [3.63, 3.8) is 0 Å². The number of hydrogen-bond acceptors (Lipinski definition) is 7. The Morgan fingerprint density at radius 2 is 1.37 bits per heavy atom. The first-order valence-electron chi connectivity index (χ1n) is 12.2. The molecule has 2 saturated carbocycles. The number of rotatable bonds is 9. The van der Waals surface area contributed by atoms with Crippen molar-refractivity contribution in [3.8, 4) is 5.75 Å². The predicted octanol–water partition coefficient (Wildman–Crippen LogP) is 3.12. The molecule has 2 fully saturated rings. The van der Waals surface area contributed by atoms with Gasteiger partial charge in [-0.1, -0.05) is 38.5 Å². The fraction of sp³-hybridized carbons (Fsp3) is 0.583. The number of carbonyl (C=O) groups is 4. The van der Waals surface area contributed by atoms with Gasteiger partial charge in [0.05, 0.1) is 10.6 Å². The molecule has 1 aromatic rings. The molecule has 0 bridgehead atoms. The van der Waals surface area contributed by atoms with Crippen molar-refractivity contribution in [2.45, 2.75) is 89.1 Å². The number of esters is 1. The second-order valence-electron chi connectivity index (χ2n) is 9.12. The number of nitrogens with zero attached hydrogens (tertiary/aromatic N) is 1. The van der Waals surface area contributed by atoms with Crippen LogP contribution in [0.5, 0.6) is 5.75 Å². The van der Waals surface area contributed by atoms with Crippen molar-refractivity contribution in [1.29, 1.82) is 0 Å². The van der Waals surface area contributed by atoms with E-state index in [1.54, 1.807) is 0 Å². The van der Waals surface area contributed by atoms with Crippen molar-refractivity contribution < 1.29 is 28.8 Å². The van der Waals surface area contributed by atoms with E-state index in [0.29, 0.717) is 0 Å². The molecule has 190 valence electrons. The zero-order valence-electron chi connectivity index (χ0n) is 19.7. The molecule has 0 aromatic heterocycles. The van der Waals surface area contributed by atoms with Gasteiger partial charge in [-0.25, -0.2) is 0 Å².